The van der Waals surface area contributed by atoms with Crippen LogP contribution in [0.25, 0.3) is 6.08 Å². The molecule has 0 atom stereocenters. The predicted molar refractivity (Wildman–Crippen MR) is 56.2 cm³/mol. The zero-order chi connectivity index (χ0) is 9.52. The van der Waals surface area contributed by atoms with Crippen molar-refractivity contribution in [2.75, 3.05) is 19.3 Å². The Hall–Kier alpha value is -1.35. The first-order valence-corrected chi connectivity index (χ1v) is 4.36. The van der Waals surface area contributed by atoms with Crippen LogP contribution in [-0.2, 0) is 0 Å². The second-order valence-electron chi connectivity index (χ2n) is 2.78. The van der Waals surface area contributed by atoms with Crippen LogP contribution in [0.4, 0.5) is 5.82 Å². The van der Waals surface area contributed by atoms with Gasteiger partial charge in [0.2, 0.25) is 0 Å². The van der Waals surface area contributed by atoms with Crippen molar-refractivity contribution < 1.29 is 0 Å². The van der Waals surface area contributed by atoms with Gasteiger partial charge in [0.25, 0.3) is 0 Å². The van der Waals surface area contributed by atoms with Gasteiger partial charge in [-0.3, -0.25) is 0 Å². The van der Waals surface area contributed by atoms with Crippen molar-refractivity contribution in [3.05, 3.63) is 30.0 Å². The van der Waals surface area contributed by atoms with Gasteiger partial charge in [0.05, 0.1) is 5.69 Å². The summed E-state index contributed by atoms with van der Waals surface area (Å²) in [6.45, 7) is 0.985. The van der Waals surface area contributed by atoms with Gasteiger partial charge in [-0.25, -0.2) is 4.98 Å². The van der Waals surface area contributed by atoms with Gasteiger partial charge in [-0.05, 0) is 38.2 Å². The first-order chi connectivity index (χ1) is 6.33. The van der Waals surface area contributed by atoms with E-state index in [0.29, 0.717) is 5.82 Å². The van der Waals surface area contributed by atoms with Gasteiger partial charge in [-0.15, -0.1) is 0 Å². The lowest BCUT2D eigenvalue weighted by Gasteiger charge is -1.95. The van der Waals surface area contributed by atoms with E-state index in [-0.39, 0.29) is 0 Å². The Labute approximate surface area is 78.7 Å². The van der Waals surface area contributed by atoms with Gasteiger partial charge < -0.3 is 11.1 Å². The van der Waals surface area contributed by atoms with Crippen LogP contribution in [-0.4, -0.2) is 18.6 Å². The molecule has 0 amide bonds. The minimum Gasteiger partial charge on any atom is -0.384 e. The molecule has 0 aromatic carbocycles. The van der Waals surface area contributed by atoms with Crippen LogP contribution in [0.15, 0.2) is 24.3 Å². The standard InChI is InChI=1S/C10H15N3/c1-12-8-3-2-5-9-6-4-7-10(11)13-9/h2,4-7,12H,3,8H2,1H3,(H2,11,13). The molecule has 0 saturated heterocycles. The van der Waals surface area contributed by atoms with E-state index in [4.69, 9.17) is 5.73 Å². The highest BCUT2D eigenvalue weighted by atomic mass is 14.8. The van der Waals surface area contributed by atoms with E-state index in [2.05, 4.69) is 16.4 Å². The summed E-state index contributed by atoms with van der Waals surface area (Å²) in [6.07, 6.45) is 5.07. The number of rotatable bonds is 4. The largest absolute Gasteiger partial charge is 0.384 e. The van der Waals surface area contributed by atoms with E-state index in [1.54, 1.807) is 6.07 Å². The molecule has 1 aromatic rings. The highest BCUT2D eigenvalue weighted by molar-refractivity contribution is 5.47. The average Bonchev–Trinajstić information content (AvgIpc) is 2.13. The number of nitrogen functional groups attached to an aromatic ring is 1. The van der Waals surface area contributed by atoms with Gasteiger partial charge in [0.1, 0.15) is 5.82 Å². The van der Waals surface area contributed by atoms with Crippen molar-refractivity contribution in [3.63, 3.8) is 0 Å². The quantitative estimate of drug-likeness (QED) is 0.681. The smallest absolute Gasteiger partial charge is 0.124 e. The number of pyridine rings is 1. The highest BCUT2D eigenvalue weighted by Gasteiger charge is 1.88. The third-order valence-electron chi connectivity index (χ3n) is 1.64. The van der Waals surface area contributed by atoms with Gasteiger partial charge in [-0.2, -0.15) is 0 Å². The topological polar surface area (TPSA) is 50.9 Å². The summed E-state index contributed by atoms with van der Waals surface area (Å²) in [6, 6.07) is 5.62. The molecule has 1 rings (SSSR count). The van der Waals surface area contributed by atoms with Crippen molar-refractivity contribution in [2.45, 2.75) is 6.42 Å². The van der Waals surface area contributed by atoms with Gasteiger partial charge in [0.15, 0.2) is 0 Å². The van der Waals surface area contributed by atoms with Gasteiger partial charge >= 0.3 is 0 Å². The zero-order valence-electron chi connectivity index (χ0n) is 7.83. The predicted octanol–water partition coefficient (Wildman–Crippen LogP) is 1.29. The number of hydrogen-bond donors (Lipinski definition) is 2. The Balaban J connectivity index is 2.48. The van der Waals surface area contributed by atoms with Crippen LogP contribution >= 0.6 is 0 Å². The molecule has 0 fully saturated rings. The van der Waals surface area contributed by atoms with Crippen molar-refractivity contribution >= 4 is 11.9 Å². The number of anilines is 1. The molecule has 1 heterocycles. The van der Waals surface area contributed by atoms with E-state index in [1.807, 2.05) is 25.3 Å². The Morgan fingerprint density at radius 2 is 2.38 bits per heavy atom. The summed E-state index contributed by atoms with van der Waals surface area (Å²) in [5.41, 5.74) is 6.44. The van der Waals surface area contributed by atoms with Crippen LogP contribution < -0.4 is 11.1 Å². The summed E-state index contributed by atoms with van der Waals surface area (Å²) in [7, 11) is 1.94. The van der Waals surface area contributed by atoms with Crippen molar-refractivity contribution in [1.82, 2.24) is 10.3 Å². The van der Waals surface area contributed by atoms with Gasteiger partial charge in [-0.1, -0.05) is 12.1 Å². The maximum Gasteiger partial charge on any atom is 0.124 e. The maximum atomic E-state index is 5.53. The molecule has 13 heavy (non-hydrogen) atoms. The molecule has 1 aromatic heterocycles. The van der Waals surface area contributed by atoms with Crippen LogP contribution in [0.1, 0.15) is 12.1 Å². The summed E-state index contributed by atoms with van der Waals surface area (Å²) >= 11 is 0. The highest BCUT2D eigenvalue weighted by Crippen LogP contribution is 2.02. The molecular weight excluding hydrogens is 162 g/mol. The Kier molecular flexibility index (Phi) is 3.99. The minimum absolute atomic E-state index is 0.566. The number of nitrogens with one attached hydrogen (secondary N) is 1. The molecule has 3 heteroatoms. The lowest BCUT2D eigenvalue weighted by Crippen LogP contribution is -2.05. The van der Waals surface area contributed by atoms with E-state index in [9.17, 15) is 0 Å². The number of nitrogens with zero attached hydrogens (tertiary/aromatic N) is 1. The van der Waals surface area contributed by atoms with Crippen molar-refractivity contribution in [3.8, 4) is 0 Å². The van der Waals surface area contributed by atoms with E-state index in [1.165, 1.54) is 0 Å². The van der Waals surface area contributed by atoms with Crippen LogP contribution in [0.5, 0.6) is 0 Å². The third kappa shape index (κ3) is 3.71. The molecule has 0 unspecified atom stereocenters. The minimum atomic E-state index is 0.566. The normalized spacial score (nSPS) is 10.8. The second kappa shape index (κ2) is 5.32. The summed E-state index contributed by atoms with van der Waals surface area (Å²) < 4.78 is 0. The molecule has 0 spiro atoms. The zero-order valence-corrected chi connectivity index (χ0v) is 7.83. The maximum absolute atomic E-state index is 5.53. The van der Waals surface area contributed by atoms with E-state index < -0.39 is 0 Å². The summed E-state index contributed by atoms with van der Waals surface area (Å²) in [4.78, 5) is 4.14. The molecule has 3 N–H and O–H groups in total. The fourth-order valence-electron chi connectivity index (χ4n) is 0.993. The first kappa shape index (κ1) is 9.74. The molecule has 0 aliphatic heterocycles. The molecule has 0 aliphatic rings. The van der Waals surface area contributed by atoms with E-state index >= 15 is 0 Å². The SMILES string of the molecule is CNCCC=Cc1cccc(N)n1. The molecular formula is C10H15N3. The monoisotopic (exact) mass is 177 g/mol. The lowest BCUT2D eigenvalue weighted by molar-refractivity contribution is 0.809. The van der Waals surface area contributed by atoms with Crippen LogP contribution in [0, 0.1) is 0 Å². The lowest BCUT2D eigenvalue weighted by atomic mass is 10.3. The number of nitrogens with two attached hydrogens (primary N) is 1. The Morgan fingerprint density at radius 1 is 1.54 bits per heavy atom. The second-order valence-corrected chi connectivity index (χ2v) is 2.78. The molecule has 0 radical (unpaired) electrons. The molecule has 0 aliphatic carbocycles. The Morgan fingerprint density at radius 3 is 3.08 bits per heavy atom. The summed E-state index contributed by atoms with van der Waals surface area (Å²) in [5, 5.41) is 3.07. The first-order valence-electron chi connectivity index (χ1n) is 4.36. The van der Waals surface area contributed by atoms with Crippen molar-refractivity contribution in [1.29, 1.82) is 0 Å². The fourth-order valence-corrected chi connectivity index (χ4v) is 0.993. The van der Waals surface area contributed by atoms with Crippen LogP contribution in [0.2, 0.25) is 0 Å². The number of hydrogen-bond acceptors (Lipinski definition) is 3. The molecule has 0 bridgehead atoms. The Bertz CT molecular complexity index is 281. The van der Waals surface area contributed by atoms with Crippen LogP contribution in [0.3, 0.4) is 0 Å². The number of aromatic nitrogens is 1. The van der Waals surface area contributed by atoms with Crippen molar-refractivity contribution in [2.24, 2.45) is 0 Å². The molecule has 70 valence electrons. The summed E-state index contributed by atoms with van der Waals surface area (Å²) in [5.74, 6) is 0.566. The molecule has 0 saturated carbocycles. The molecule has 3 nitrogen and oxygen atoms in total. The van der Waals surface area contributed by atoms with Gasteiger partial charge in [0, 0.05) is 0 Å². The van der Waals surface area contributed by atoms with E-state index in [0.717, 1.165) is 18.7 Å². The fraction of sp³-hybridized carbons (Fsp3) is 0.300. The third-order valence-corrected chi connectivity index (χ3v) is 1.64. The average molecular weight is 177 g/mol.